The van der Waals surface area contributed by atoms with Gasteiger partial charge in [0, 0.05) is 13.1 Å². The third-order valence-corrected chi connectivity index (χ3v) is 3.64. The molecule has 1 aliphatic rings. The van der Waals surface area contributed by atoms with Crippen LogP contribution in [0.4, 0.5) is 11.5 Å². The topological polar surface area (TPSA) is 76.3 Å². The summed E-state index contributed by atoms with van der Waals surface area (Å²) in [4.78, 5) is 10.6. The zero-order chi connectivity index (χ0) is 13.7. The maximum absolute atomic E-state index is 5.91. The zero-order valence-electron chi connectivity index (χ0n) is 11.7. The van der Waals surface area contributed by atoms with Gasteiger partial charge in [-0.1, -0.05) is 6.92 Å². The van der Waals surface area contributed by atoms with Crippen LogP contribution in [0.5, 0.6) is 5.88 Å². The van der Waals surface area contributed by atoms with Crippen LogP contribution in [0, 0.1) is 5.92 Å². The van der Waals surface area contributed by atoms with Gasteiger partial charge in [-0.15, -0.1) is 0 Å². The summed E-state index contributed by atoms with van der Waals surface area (Å²) in [6.07, 6.45) is 4.05. The van der Waals surface area contributed by atoms with Crippen molar-refractivity contribution in [3.05, 3.63) is 6.33 Å². The molecule has 19 heavy (non-hydrogen) atoms. The van der Waals surface area contributed by atoms with E-state index >= 15 is 0 Å². The van der Waals surface area contributed by atoms with Crippen molar-refractivity contribution in [3.8, 4) is 5.88 Å². The van der Waals surface area contributed by atoms with Crippen LogP contribution in [0.1, 0.15) is 19.8 Å². The lowest BCUT2D eigenvalue weighted by molar-refractivity contribution is 0.199. The molecule has 6 heteroatoms. The maximum atomic E-state index is 5.91. The van der Waals surface area contributed by atoms with Crippen molar-refractivity contribution in [2.75, 3.05) is 44.3 Å². The largest absolute Gasteiger partial charge is 0.479 e. The van der Waals surface area contributed by atoms with E-state index in [0.717, 1.165) is 19.0 Å². The molecule has 1 fully saturated rings. The summed E-state index contributed by atoms with van der Waals surface area (Å²) in [7, 11) is 1.55. The quantitative estimate of drug-likeness (QED) is 0.833. The summed E-state index contributed by atoms with van der Waals surface area (Å²) in [5.74, 6) is 1.94. The number of hydrogen-bond donors (Lipinski definition) is 2. The number of hydrogen-bond acceptors (Lipinski definition) is 6. The summed E-state index contributed by atoms with van der Waals surface area (Å²) in [6, 6.07) is 0. The third-order valence-electron chi connectivity index (χ3n) is 3.64. The number of aromatic nitrogens is 2. The number of nitrogens with two attached hydrogens (primary N) is 1. The second-order valence-corrected chi connectivity index (χ2v) is 5.10. The van der Waals surface area contributed by atoms with Gasteiger partial charge in [-0.05, 0) is 31.8 Å². The van der Waals surface area contributed by atoms with Gasteiger partial charge in [0.05, 0.1) is 7.11 Å². The molecule has 0 spiro atoms. The molecule has 1 saturated heterocycles. The monoisotopic (exact) mass is 265 g/mol. The van der Waals surface area contributed by atoms with E-state index in [1.165, 1.54) is 32.3 Å². The molecule has 0 atom stereocenters. The average Bonchev–Trinajstić information content (AvgIpc) is 2.43. The molecule has 0 amide bonds. The molecule has 0 bridgehead atoms. The van der Waals surface area contributed by atoms with Gasteiger partial charge in [-0.2, -0.15) is 4.98 Å². The highest BCUT2D eigenvalue weighted by molar-refractivity contribution is 5.66. The minimum Gasteiger partial charge on any atom is -0.479 e. The number of nitrogen functional groups attached to an aromatic ring is 1. The molecule has 1 aliphatic heterocycles. The van der Waals surface area contributed by atoms with Gasteiger partial charge in [0.2, 0.25) is 5.88 Å². The molecule has 1 aromatic rings. The molecule has 0 radical (unpaired) electrons. The van der Waals surface area contributed by atoms with Crippen molar-refractivity contribution in [2.45, 2.75) is 19.8 Å². The molecule has 2 rings (SSSR count). The van der Waals surface area contributed by atoms with Crippen LogP contribution in [-0.2, 0) is 0 Å². The van der Waals surface area contributed by atoms with E-state index in [4.69, 9.17) is 10.5 Å². The summed E-state index contributed by atoms with van der Waals surface area (Å²) in [6.45, 7) is 6.54. The first-order chi connectivity index (χ1) is 9.20. The second-order valence-electron chi connectivity index (χ2n) is 5.10. The Morgan fingerprint density at radius 1 is 1.42 bits per heavy atom. The Labute approximate surface area is 114 Å². The number of nitrogens with zero attached hydrogens (tertiary/aromatic N) is 3. The fourth-order valence-corrected chi connectivity index (χ4v) is 2.30. The average molecular weight is 265 g/mol. The van der Waals surface area contributed by atoms with E-state index in [1.807, 2.05) is 0 Å². The Bertz CT molecular complexity index is 404. The van der Waals surface area contributed by atoms with Gasteiger partial charge in [-0.3, -0.25) is 0 Å². The van der Waals surface area contributed by atoms with Crippen molar-refractivity contribution in [3.63, 3.8) is 0 Å². The lowest BCUT2D eigenvalue weighted by Gasteiger charge is -2.30. The first kappa shape index (κ1) is 13.9. The molecule has 0 aliphatic carbocycles. The van der Waals surface area contributed by atoms with Gasteiger partial charge in [0.15, 0.2) is 5.82 Å². The van der Waals surface area contributed by atoms with Gasteiger partial charge in [0.25, 0.3) is 0 Å². The Morgan fingerprint density at radius 3 is 2.84 bits per heavy atom. The van der Waals surface area contributed by atoms with Gasteiger partial charge >= 0.3 is 0 Å². The van der Waals surface area contributed by atoms with Crippen LogP contribution in [0.25, 0.3) is 0 Å². The van der Waals surface area contributed by atoms with Gasteiger partial charge in [0.1, 0.15) is 12.0 Å². The summed E-state index contributed by atoms with van der Waals surface area (Å²) >= 11 is 0. The Morgan fingerprint density at radius 2 is 2.16 bits per heavy atom. The van der Waals surface area contributed by atoms with Crippen LogP contribution in [0.2, 0.25) is 0 Å². The van der Waals surface area contributed by atoms with E-state index in [2.05, 4.69) is 27.1 Å². The van der Waals surface area contributed by atoms with Crippen molar-refractivity contribution in [2.24, 2.45) is 5.92 Å². The molecular formula is C13H23N5O. The highest BCUT2D eigenvalue weighted by Crippen LogP contribution is 2.23. The third kappa shape index (κ3) is 3.70. The van der Waals surface area contributed by atoms with Crippen molar-refractivity contribution in [1.29, 1.82) is 0 Å². The lowest BCUT2D eigenvalue weighted by Crippen LogP contribution is -2.36. The van der Waals surface area contributed by atoms with E-state index in [1.54, 1.807) is 7.11 Å². The minimum atomic E-state index is 0.421. The summed E-state index contributed by atoms with van der Waals surface area (Å²) < 4.78 is 5.07. The highest BCUT2D eigenvalue weighted by Gasteiger charge is 2.15. The summed E-state index contributed by atoms with van der Waals surface area (Å²) in [5, 5.41) is 3.25. The molecule has 3 N–H and O–H groups in total. The van der Waals surface area contributed by atoms with Crippen LogP contribution in [0.15, 0.2) is 6.33 Å². The number of anilines is 2. The van der Waals surface area contributed by atoms with E-state index in [0.29, 0.717) is 17.4 Å². The molecule has 0 aromatic carbocycles. The first-order valence-electron chi connectivity index (χ1n) is 6.81. The van der Waals surface area contributed by atoms with Crippen molar-refractivity contribution < 1.29 is 4.74 Å². The molecular weight excluding hydrogens is 242 g/mol. The number of rotatable bonds is 5. The second kappa shape index (κ2) is 6.56. The Balaban J connectivity index is 1.79. The van der Waals surface area contributed by atoms with Crippen LogP contribution in [0.3, 0.4) is 0 Å². The standard InChI is InChI=1S/C13H23N5O/c1-10-3-6-18(7-4-10)8-5-15-12-11(14)13(19-2)17-9-16-12/h9-10H,3-8,14H2,1-2H3,(H,15,16,17). The van der Waals surface area contributed by atoms with Crippen LogP contribution in [-0.4, -0.2) is 48.2 Å². The molecule has 1 aromatic heterocycles. The normalized spacial score (nSPS) is 17.4. The number of ether oxygens (including phenoxy) is 1. The number of piperidine rings is 1. The number of methoxy groups -OCH3 is 1. The lowest BCUT2D eigenvalue weighted by atomic mass is 9.99. The van der Waals surface area contributed by atoms with Gasteiger partial charge in [-0.25, -0.2) is 4.98 Å². The maximum Gasteiger partial charge on any atom is 0.242 e. The zero-order valence-corrected chi connectivity index (χ0v) is 11.7. The Kier molecular flexibility index (Phi) is 4.79. The van der Waals surface area contributed by atoms with E-state index in [9.17, 15) is 0 Å². The molecule has 2 heterocycles. The molecule has 6 nitrogen and oxygen atoms in total. The molecule has 106 valence electrons. The highest BCUT2D eigenvalue weighted by atomic mass is 16.5. The fraction of sp³-hybridized carbons (Fsp3) is 0.692. The molecule has 0 unspecified atom stereocenters. The predicted octanol–water partition coefficient (Wildman–Crippen LogP) is 1.21. The smallest absolute Gasteiger partial charge is 0.242 e. The number of nitrogens with one attached hydrogen (secondary N) is 1. The Hall–Kier alpha value is -1.56. The van der Waals surface area contributed by atoms with Crippen LogP contribution >= 0.6 is 0 Å². The summed E-state index contributed by atoms with van der Waals surface area (Å²) in [5.41, 5.74) is 6.37. The SMILES string of the molecule is COc1ncnc(NCCN2CCC(C)CC2)c1N. The van der Waals surface area contributed by atoms with Crippen molar-refractivity contribution in [1.82, 2.24) is 14.9 Å². The van der Waals surface area contributed by atoms with Crippen molar-refractivity contribution >= 4 is 11.5 Å². The van der Waals surface area contributed by atoms with E-state index in [-0.39, 0.29) is 0 Å². The van der Waals surface area contributed by atoms with Gasteiger partial charge < -0.3 is 20.7 Å². The fourth-order valence-electron chi connectivity index (χ4n) is 2.30. The number of likely N-dealkylation sites (tertiary alicyclic amines) is 1. The van der Waals surface area contributed by atoms with Crippen LogP contribution < -0.4 is 15.8 Å². The first-order valence-corrected chi connectivity index (χ1v) is 6.81. The minimum absolute atomic E-state index is 0.421. The molecule has 0 saturated carbocycles. The predicted molar refractivity (Wildman–Crippen MR) is 76.3 cm³/mol. The van der Waals surface area contributed by atoms with E-state index < -0.39 is 0 Å².